The molecule has 0 bridgehead atoms. The van der Waals surface area contributed by atoms with E-state index in [2.05, 4.69) is 15.7 Å². The molecular weight excluding hydrogens is 356 g/mol. The maximum atomic E-state index is 12.4. The number of benzene rings is 1. The van der Waals surface area contributed by atoms with Crippen LogP contribution in [0.5, 0.6) is 11.5 Å². The molecule has 1 aliphatic rings. The van der Waals surface area contributed by atoms with Crippen molar-refractivity contribution in [1.82, 2.24) is 15.1 Å². The highest BCUT2D eigenvalue weighted by Gasteiger charge is 2.20. The zero-order valence-corrected chi connectivity index (χ0v) is 16.1. The first-order chi connectivity index (χ1) is 12.4. The first-order valence-corrected chi connectivity index (χ1v) is 8.91. The standard InChI is InChI=1S/C18H23ClN4O3/c1-10(17-11(2)22-23(4)12(17)3)20-18(24)21-14-9-16-15(8-13(14)19)25-6-5-7-26-16/h8-10H,5-7H2,1-4H3,(H2,20,21,24)/t10-/m1/s1. The fraction of sp³-hybridized carbons (Fsp3) is 0.444. The van der Waals surface area contributed by atoms with Crippen LogP contribution in [0.15, 0.2) is 12.1 Å². The molecule has 2 heterocycles. The van der Waals surface area contributed by atoms with Crippen molar-refractivity contribution >= 4 is 23.3 Å². The van der Waals surface area contributed by atoms with Crippen molar-refractivity contribution in [3.8, 4) is 11.5 Å². The summed E-state index contributed by atoms with van der Waals surface area (Å²) < 4.78 is 13.0. The second-order valence-corrected chi connectivity index (χ2v) is 6.76. The van der Waals surface area contributed by atoms with Gasteiger partial charge in [0.05, 0.1) is 35.7 Å². The van der Waals surface area contributed by atoms with Gasteiger partial charge in [-0.15, -0.1) is 0 Å². The number of hydrogen-bond donors (Lipinski definition) is 2. The van der Waals surface area contributed by atoms with Gasteiger partial charge in [0, 0.05) is 36.9 Å². The number of nitrogens with one attached hydrogen (secondary N) is 2. The van der Waals surface area contributed by atoms with Crippen molar-refractivity contribution in [3.63, 3.8) is 0 Å². The van der Waals surface area contributed by atoms with Gasteiger partial charge >= 0.3 is 6.03 Å². The average Bonchev–Trinajstić information content (AvgIpc) is 2.73. The maximum Gasteiger partial charge on any atom is 0.319 e. The number of urea groups is 1. The molecule has 3 rings (SSSR count). The Bertz CT molecular complexity index is 834. The van der Waals surface area contributed by atoms with E-state index in [-0.39, 0.29) is 12.1 Å². The van der Waals surface area contributed by atoms with E-state index in [4.69, 9.17) is 21.1 Å². The van der Waals surface area contributed by atoms with Gasteiger partial charge in [0.15, 0.2) is 11.5 Å². The highest BCUT2D eigenvalue weighted by molar-refractivity contribution is 6.34. The monoisotopic (exact) mass is 378 g/mol. The number of aromatic nitrogens is 2. The first-order valence-electron chi connectivity index (χ1n) is 8.53. The highest BCUT2D eigenvalue weighted by atomic mass is 35.5. The number of nitrogens with zero attached hydrogens (tertiary/aromatic N) is 2. The molecule has 2 N–H and O–H groups in total. The Balaban J connectivity index is 1.73. The molecular formula is C18H23ClN4O3. The maximum absolute atomic E-state index is 12.4. The number of amides is 2. The third-order valence-electron chi connectivity index (χ3n) is 4.43. The molecule has 26 heavy (non-hydrogen) atoms. The Labute approximate surface area is 157 Å². The third-order valence-corrected chi connectivity index (χ3v) is 4.74. The van der Waals surface area contributed by atoms with Gasteiger partial charge in [0.25, 0.3) is 0 Å². The lowest BCUT2D eigenvalue weighted by Crippen LogP contribution is -2.31. The van der Waals surface area contributed by atoms with E-state index in [0.29, 0.717) is 35.4 Å². The highest BCUT2D eigenvalue weighted by Crippen LogP contribution is 2.37. The number of halogens is 1. The summed E-state index contributed by atoms with van der Waals surface area (Å²) in [6.07, 6.45) is 0.802. The number of anilines is 1. The number of carbonyl (C=O) groups is 1. The third kappa shape index (κ3) is 3.72. The smallest absolute Gasteiger partial charge is 0.319 e. The van der Waals surface area contributed by atoms with Crippen molar-refractivity contribution in [2.45, 2.75) is 33.2 Å². The molecule has 0 spiro atoms. The average molecular weight is 379 g/mol. The van der Waals surface area contributed by atoms with Crippen LogP contribution in [0, 0.1) is 13.8 Å². The second kappa shape index (κ2) is 7.45. The Kier molecular flexibility index (Phi) is 5.27. The van der Waals surface area contributed by atoms with Gasteiger partial charge in [-0.3, -0.25) is 4.68 Å². The minimum absolute atomic E-state index is 0.192. The Hall–Kier alpha value is -2.41. The number of hydrogen-bond acceptors (Lipinski definition) is 4. The molecule has 1 atom stereocenters. The largest absolute Gasteiger partial charge is 0.490 e. The summed E-state index contributed by atoms with van der Waals surface area (Å²) in [7, 11) is 1.89. The molecule has 1 aromatic carbocycles. The van der Waals surface area contributed by atoms with E-state index in [0.717, 1.165) is 23.4 Å². The van der Waals surface area contributed by atoms with Crippen LogP contribution < -0.4 is 20.1 Å². The fourth-order valence-corrected chi connectivity index (χ4v) is 3.32. The van der Waals surface area contributed by atoms with Crippen LogP contribution >= 0.6 is 11.6 Å². The predicted molar refractivity (Wildman–Crippen MR) is 100 cm³/mol. The van der Waals surface area contributed by atoms with Gasteiger partial charge in [-0.25, -0.2) is 4.79 Å². The topological polar surface area (TPSA) is 77.4 Å². The number of carbonyl (C=O) groups excluding carboxylic acids is 1. The molecule has 0 saturated carbocycles. The molecule has 1 aromatic heterocycles. The second-order valence-electron chi connectivity index (χ2n) is 6.36. The van der Waals surface area contributed by atoms with Crippen LogP contribution in [-0.4, -0.2) is 29.0 Å². The lowest BCUT2D eigenvalue weighted by Gasteiger charge is -2.17. The molecule has 2 amide bonds. The minimum Gasteiger partial charge on any atom is -0.490 e. The van der Waals surface area contributed by atoms with E-state index in [1.807, 2.05) is 27.8 Å². The molecule has 0 radical (unpaired) electrons. The van der Waals surface area contributed by atoms with Crippen molar-refractivity contribution in [3.05, 3.63) is 34.1 Å². The predicted octanol–water partition coefficient (Wildman–Crippen LogP) is 3.73. The van der Waals surface area contributed by atoms with Crippen LogP contribution in [0.1, 0.15) is 36.3 Å². The van der Waals surface area contributed by atoms with Gasteiger partial charge in [-0.05, 0) is 20.8 Å². The fourth-order valence-electron chi connectivity index (χ4n) is 3.12. The summed E-state index contributed by atoms with van der Waals surface area (Å²) in [6, 6.07) is 2.81. The van der Waals surface area contributed by atoms with Crippen molar-refractivity contribution in [1.29, 1.82) is 0 Å². The molecule has 0 unspecified atom stereocenters. The first kappa shape index (κ1) is 18.4. The summed E-state index contributed by atoms with van der Waals surface area (Å²) in [4.78, 5) is 12.4. The van der Waals surface area contributed by atoms with Crippen LogP contribution in [0.3, 0.4) is 0 Å². The molecule has 0 aliphatic carbocycles. The zero-order chi connectivity index (χ0) is 18.8. The SMILES string of the molecule is Cc1nn(C)c(C)c1[C@@H](C)NC(=O)Nc1cc2c(cc1Cl)OCCCO2. The summed E-state index contributed by atoms with van der Waals surface area (Å²) in [6.45, 7) is 6.98. The Morgan fingerprint density at radius 3 is 2.54 bits per heavy atom. The normalized spacial score (nSPS) is 14.5. The van der Waals surface area contributed by atoms with Crippen molar-refractivity contribution in [2.24, 2.45) is 7.05 Å². The van der Waals surface area contributed by atoms with Crippen molar-refractivity contribution < 1.29 is 14.3 Å². The lowest BCUT2D eigenvalue weighted by atomic mass is 10.1. The van der Waals surface area contributed by atoms with Gasteiger partial charge in [0.1, 0.15) is 0 Å². The molecule has 0 fully saturated rings. The molecule has 0 saturated heterocycles. The van der Waals surface area contributed by atoms with Gasteiger partial charge in [-0.1, -0.05) is 11.6 Å². The molecule has 140 valence electrons. The summed E-state index contributed by atoms with van der Waals surface area (Å²) in [5.41, 5.74) is 3.39. The number of rotatable bonds is 3. The molecule has 2 aromatic rings. The Morgan fingerprint density at radius 2 is 1.92 bits per heavy atom. The molecule has 7 nitrogen and oxygen atoms in total. The molecule has 8 heteroatoms. The van der Waals surface area contributed by atoms with E-state index in [1.54, 1.807) is 16.8 Å². The number of ether oxygens (including phenoxy) is 2. The van der Waals surface area contributed by atoms with E-state index in [1.165, 1.54) is 0 Å². The minimum atomic E-state index is -0.350. The summed E-state index contributed by atoms with van der Waals surface area (Å²) >= 11 is 6.27. The Morgan fingerprint density at radius 1 is 1.27 bits per heavy atom. The van der Waals surface area contributed by atoms with Crippen LogP contribution in [0.2, 0.25) is 5.02 Å². The summed E-state index contributed by atoms with van der Waals surface area (Å²) in [5, 5.41) is 10.5. The van der Waals surface area contributed by atoms with Crippen molar-refractivity contribution in [2.75, 3.05) is 18.5 Å². The lowest BCUT2D eigenvalue weighted by molar-refractivity contribution is 0.249. The van der Waals surface area contributed by atoms with Crippen LogP contribution in [-0.2, 0) is 7.05 Å². The van der Waals surface area contributed by atoms with Gasteiger partial charge in [0.2, 0.25) is 0 Å². The van der Waals surface area contributed by atoms with E-state index >= 15 is 0 Å². The summed E-state index contributed by atoms with van der Waals surface area (Å²) in [5.74, 6) is 1.17. The van der Waals surface area contributed by atoms with Gasteiger partial charge in [-0.2, -0.15) is 5.10 Å². The van der Waals surface area contributed by atoms with Crippen LogP contribution in [0.25, 0.3) is 0 Å². The van der Waals surface area contributed by atoms with Gasteiger partial charge < -0.3 is 20.1 Å². The van der Waals surface area contributed by atoms with E-state index in [9.17, 15) is 4.79 Å². The van der Waals surface area contributed by atoms with Crippen LogP contribution in [0.4, 0.5) is 10.5 Å². The van der Waals surface area contributed by atoms with E-state index < -0.39 is 0 Å². The molecule has 1 aliphatic heterocycles. The quantitative estimate of drug-likeness (QED) is 0.853. The zero-order valence-electron chi connectivity index (χ0n) is 15.4. The number of aryl methyl sites for hydroxylation is 2. The number of fused-ring (bicyclic) bond motifs is 1.